The molecule has 0 aliphatic rings. The smallest absolute Gasteiger partial charge is 0.287 e. The molecular formula is C12H13NO2S. The topological polar surface area (TPSA) is 42.2 Å². The lowest BCUT2D eigenvalue weighted by atomic mass is 10.1. The molecule has 0 fully saturated rings. The summed E-state index contributed by atoms with van der Waals surface area (Å²) >= 11 is 1.67. The van der Waals surface area contributed by atoms with Crippen LogP contribution in [0, 0.1) is 0 Å². The van der Waals surface area contributed by atoms with Crippen molar-refractivity contribution in [2.45, 2.75) is 19.4 Å². The molecule has 0 bridgehead atoms. The summed E-state index contributed by atoms with van der Waals surface area (Å²) < 4.78 is 5.02. The maximum absolute atomic E-state index is 11.6. The van der Waals surface area contributed by atoms with E-state index < -0.39 is 0 Å². The van der Waals surface area contributed by atoms with Crippen LogP contribution in [0.2, 0.25) is 0 Å². The molecule has 1 N–H and O–H groups in total. The van der Waals surface area contributed by atoms with Crippen LogP contribution in [0.3, 0.4) is 0 Å². The average molecular weight is 235 g/mol. The molecule has 2 aromatic rings. The second kappa shape index (κ2) is 4.99. The van der Waals surface area contributed by atoms with Gasteiger partial charge in [0.15, 0.2) is 5.76 Å². The molecule has 1 amide bonds. The van der Waals surface area contributed by atoms with Gasteiger partial charge < -0.3 is 9.73 Å². The Balaban J connectivity index is 1.88. The van der Waals surface area contributed by atoms with Gasteiger partial charge in [-0.15, -0.1) is 0 Å². The van der Waals surface area contributed by atoms with Crippen molar-refractivity contribution in [1.29, 1.82) is 0 Å². The molecule has 0 aliphatic heterocycles. The Morgan fingerprint density at radius 2 is 2.44 bits per heavy atom. The molecule has 0 saturated heterocycles. The summed E-state index contributed by atoms with van der Waals surface area (Å²) in [5.74, 6) is 0.199. The molecule has 1 atom stereocenters. The highest BCUT2D eigenvalue weighted by Crippen LogP contribution is 2.09. The van der Waals surface area contributed by atoms with Gasteiger partial charge in [-0.1, -0.05) is 0 Å². The van der Waals surface area contributed by atoms with Crippen LogP contribution in [0.25, 0.3) is 0 Å². The summed E-state index contributed by atoms with van der Waals surface area (Å²) in [6.45, 7) is 1.98. The van der Waals surface area contributed by atoms with Crippen molar-refractivity contribution >= 4 is 17.2 Å². The summed E-state index contributed by atoms with van der Waals surface area (Å²) in [5.41, 5.74) is 1.25. The van der Waals surface area contributed by atoms with Gasteiger partial charge >= 0.3 is 0 Å². The zero-order chi connectivity index (χ0) is 11.4. The molecule has 2 rings (SSSR count). The van der Waals surface area contributed by atoms with Gasteiger partial charge in [0.1, 0.15) is 0 Å². The van der Waals surface area contributed by atoms with Crippen molar-refractivity contribution in [2.24, 2.45) is 0 Å². The maximum Gasteiger partial charge on any atom is 0.287 e. The van der Waals surface area contributed by atoms with E-state index >= 15 is 0 Å². The van der Waals surface area contributed by atoms with Crippen LogP contribution in [0.15, 0.2) is 39.6 Å². The quantitative estimate of drug-likeness (QED) is 0.885. The van der Waals surface area contributed by atoms with Crippen LogP contribution < -0.4 is 5.32 Å². The molecule has 2 heterocycles. The first-order chi connectivity index (χ1) is 7.75. The molecule has 4 heteroatoms. The van der Waals surface area contributed by atoms with Crippen LogP contribution in [-0.2, 0) is 6.42 Å². The Morgan fingerprint density at radius 3 is 3.06 bits per heavy atom. The molecule has 0 spiro atoms. The van der Waals surface area contributed by atoms with Crippen LogP contribution in [0.5, 0.6) is 0 Å². The molecule has 1 unspecified atom stereocenters. The fourth-order valence-electron chi connectivity index (χ4n) is 1.52. The molecule has 16 heavy (non-hydrogen) atoms. The third-order valence-electron chi connectivity index (χ3n) is 2.24. The van der Waals surface area contributed by atoms with Crippen molar-refractivity contribution in [2.75, 3.05) is 0 Å². The molecule has 0 radical (unpaired) electrons. The fraction of sp³-hybridized carbons (Fsp3) is 0.250. The van der Waals surface area contributed by atoms with E-state index in [1.165, 1.54) is 11.8 Å². The minimum atomic E-state index is -0.160. The lowest BCUT2D eigenvalue weighted by Gasteiger charge is -2.11. The predicted octanol–water partition coefficient (Wildman–Crippen LogP) is 2.70. The number of thiophene rings is 1. The number of furan rings is 1. The number of carbonyl (C=O) groups excluding carboxylic acids is 1. The summed E-state index contributed by atoms with van der Waals surface area (Å²) in [6.07, 6.45) is 2.34. The second-order valence-corrected chi connectivity index (χ2v) is 4.47. The predicted molar refractivity (Wildman–Crippen MR) is 63.7 cm³/mol. The van der Waals surface area contributed by atoms with Crippen molar-refractivity contribution in [3.8, 4) is 0 Å². The molecule has 84 valence electrons. The zero-order valence-electron chi connectivity index (χ0n) is 8.97. The van der Waals surface area contributed by atoms with Crippen LogP contribution in [0.4, 0.5) is 0 Å². The highest BCUT2D eigenvalue weighted by atomic mass is 32.1. The Hall–Kier alpha value is -1.55. The van der Waals surface area contributed by atoms with Crippen molar-refractivity contribution < 1.29 is 9.21 Å². The van der Waals surface area contributed by atoms with Gasteiger partial charge in [0.2, 0.25) is 0 Å². The van der Waals surface area contributed by atoms with Crippen LogP contribution in [0.1, 0.15) is 23.0 Å². The molecule has 0 saturated carbocycles. The van der Waals surface area contributed by atoms with Gasteiger partial charge in [0.25, 0.3) is 5.91 Å². The number of nitrogens with one attached hydrogen (secondary N) is 1. The number of rotatable bonds is 4. The Labute approximate surface area is 98.1 Å². The Morgan fingerprint density at radius 1 is 1.56 bits per heavy atom. The van der Waals surface area contributed by atoms with Crippen molar-refractivity contribution in [3.63, 3.8) is 0 Å². The highest BCUT2D eigenvalue weighted by Gasteiger charge is 2.12. The minimum absolute atomic E-state index is 0.104. The van der Waals surface area contributed by atoms with Gasteiger partial charge in [-0.3, -0.25) is 4.79 Å². The third-order valence-corrected chi connectivity index (χ3v) is 2.98. The van der Waals surface area contributed by atoms with Gasteiger partial charge in [-0.25, -0.2) is 0 Å². The SMILES string of the molecule is CC(Cc1ccsc1)NC(=O)c1ccco1. The molecule has 2 aromatic heterocycles. The van der Waals surface area contributed by atoms with E-state index in [4.69, 9.17) is 4.42 Å². The first-order valence-electron chi connectivity index (χ1n) is 5.11. The number of hydrogen-bond donors (Lipinski definition) is 1. The summed E-state index contributed by atoms with van der Waals surface area (Å²) in [6, 6.07) is 5.54. The molecule has 3 nitrogen and oxygen atoms in total. The van der Waals surface area contributed by atoms with Gasteiger partial charge in [0.05, 0.1) is 6.26 Å². The molecule has 0 aromatic carbocycles. The average Bonchev–Trinajstić information content (AvgIpc) is 2.88. The van der Waals surface area contributed by atoms with E-state index in [0.717, 1.165) is 6.42 Å². The van der Waals surface area contributed by atoms with Gasteiger partial charge in [0, 0.05) is 6.04 Å². The fourth-order valence-corrected chi connectivity index (χ4v) is 2.20. The lowest BCUT2D eigenvalue weighted by Crippen LogP contribution is -2.33. The third kappa shape index (κ3) is 2.73. The summed E-state index contributed by atoms with van der Waals surface area (Å²) in [5, 5.41) is 7.02. The van der Waals surface area contributed by atoms with Crippen LogP contribution >= 0.6 is 11.3 Å². The van der Waals surface area contributed by atoms with E-state index in [9.17, 15) is 4.79 Å². The van der Waals surface area contributed by atoms with Gasteiger partial charge in [-0.2, -0.15) is 11.3 Å². The zero-order valence-corrected chi connectivity index (χ0v) is 9.79. The standard InChI is InChI=1S/C12H13NO2S/c1-9(7-10-4-6-16-8-10)13-12(14)11-3-2-5-15-11/h2-6,8-9H,7H2,1H3,(H,13,14). The van der Waals surface area contributed by atoms with E-state index in [2.05, 4.69) is 16.8 Å². The number of carbonyl (C=O) groups is 1. The lowest BCUT2D eigenvalue weighted by molar-refractivity contribution is 0.0912. The normalized spacial score (nSPS) is 12.3. The van der Waals surface area contributed by atoms with Crippen LogP contribution in [-0.4, -0.2) is 11.9 Å². The second-order valence-electron chi connectivity index (χ2n) is 3.69. The first-order valence-corrected chi connectivity index (χ1v) is 6.05. The number of amides is 1. The van der Waals surface area contributed by atoms with Crippen molar-refractivity contribution in [3.05, 3.63) is 46.5 Å². The largest absolute Gasteiger partial charge is 0.459 e. The van der Waals surface area contributed by atoms with E-state index in [1.807, 2.05) is 12.3 Å². The van der Waals surface area contributed by atoms with Gasteiger partial charge in [-0.05, 0) is 47.9 Å². The monoisotopic (exact) mass is 235 g/mol. The maximum atomic E-state index is 11.6. The summed E-state index contributed by atoms with van der Waals surface area (Å²) in [7, 11) is 0. The van der Waals surface area contributed by atoms with E-state index in [1.54, 1.807) is 23.5 Å². The van der Waals surface area contributed by atoms with E-state index in [0.29, 0.717) is 5.76 Å². The van der Waals surface area contributed by atoms with Crippen molar-refractivity contribution in [1.82, 2.24) is 5.32 Å². The highest BCUT2D eigenvalue weighted by molar-refractivity contribution is 7.07. The Kier molecular flexibility index (Phi) is 3.41. The molecular weight excluding hydrogens is 222 g/mol. The minimum Gasteiger partial charge on any atom is -0.459 e. The Bertz CT molecular complexity index is 434. The first kappa shape index (κ1) is 11.0. The molecule has 0 aliphatic carbocycles. The number of hydrogen-bond acceptors (Lipinski definition) is 3. The summed E-state index contributed by atoms with van der Waals surface area (Å²) in [4.78, 5) is 11.6. The van der Waals surface area contributed by atoms with E-state index in [-0.39, 0.29) is 11.9 Å².